The summed E-state index contributed by atoms with van der Waals surface area (Å²) >= 11 is 6.12. The molecule has 2 aromatic rings. The highest BCUT2D eigenvalue weighted by Gasteiger charge is 2.20. The summed E-state index contributed by atoms with van der Waals surface area (Å²) in [5.74, 6) is 0.660. The molecule has 0 unspecified atom stereocenters. The quantitative estimate of drug-likeness (QED) is 0.784. The monoisotopic (exact) mass is 396 g/mol. The van der Waals surface area contributed by atoms with Gasteiger partial charge in [-0.05, 0) is 43.7 Å². The zero-order valence-electron chi connectivity index (χ0n) is 15.9. The fourth-order valence-corrected chi connectivity index (χ4v) is 3.72. The van der Waals surface area contributed by atoms with Crippen LogP contribution >= 0.6 is 24.0 Å². The van der Waals surface area contributed by atoms with E-state index in [1.807, 2.05) is 18.3 Å². The molecule has 0 saturated carbocycles. The van der Waals surface area contributed by atoms with Gasteiger partial charge in [0.05, 0.1) is 5.52 Å². The SMILES string of the molecule is CC(C)C[C@@H](CN1CCN(C)CC1)Nc1ccnc2cc(Cl)ccc12.Cl. The molecule has 0 spiro atoms. The maximum Gasteiger partial charge on any atom is 0.0737 e. The molecule has 2 heterocycles. The van der Waals surface area contributed by atoms with Crippen LogP contribution in [0.5, 0.6) is 0 Å². The lowest BCUT2D eigenvalue weighted by Gasteiger charge is -2.35. The standard InChI is InChI=1S/C20H29ClN4.ClH/c1-15(2)12-17(14-25-10-8-24(3)9-11-25)23-19-6-7-22-20-13-16(21)4-5-18(19)20;/h4-7,13,15,17H,8-12,14H2,1-3H3,(H,22,23);1H/t17-;/m0./s1. The third-order valence-corrected chi connectivity index (χ3v) is 5.13. The molecular formula is C20H30Cl2N4. The summed E-state index contributed by atoms with van der Waals surface area (Å²) in [5.41, 5.74) is 2.10. The van der Waals surface area contributed by atoms with Gasteiger partial charge in [-0.25, -0.2) is 0 Å². The molecule has 26 heavy (non-hydrogen) atoms. The van der Waals surface area contributed by atoms with E-state index in [9.17, 15) is 0 Å². The average Bonchev–Trinajstić information content (AvgIpc) is 2.56. The minimum Gasteiger partial charge on any atom is -0.380 e. The largest absolute Gasteiger partial charge is 0.380 e. The molecule has 0 radical (unpaired) electrons. The second-order valence-electron chi connectivity index (χ2n) is 7.59. The van der Waals surface area contributed by atoms with Crippen molar-refractivity contribution >= 4 is 40.6 Å². The Morgan fingerprint density at radius 1 is 1.15 bits per heavy atom. The maximum absolute atomic E-state index is 6.12. The van der Waals surface area contributed by atoms with Crippen LogP contribution in [0.2, 0.25) is 5.02 Å². The lowest BCUT2D eigenvalue weighted by molar-refractivity contribution is 0.147. The van der Waals surface area contributed by atoms with Crippen LogP contribution in [0, 0.1) is 5.92 Å². The normalized spacial score (nSPS) is 17.3. The van der Waals surface area contributed by atoms with E-state index >= 15 is 0 Å². The number of nitrogens with zero attached hydrogens (tertiary/aromatic N) is 3. The summed E-state index contributed by atoms with van der Waals surface area (Å²) in [6.07, 6.45) is 3.02. The van der Waals surface area contributed by atoms with Gasteiger partial charge >= 0.3 is 0 Å². The molecule has 1 saturated heterocycles. The predicted molar refractivity (Wildman–Crippen MR) is 115 cm³/mol. The second kappa shape index (κ2) is 9.75. The number of nitrogens with one attached hydrogen (secondary N) is 1. The van der Waals surface area contributed by atoms with E-state index in [4.69, 9.17) is 11.6 Å². The molecule has 0 amide bonds. The first-order chi connectivity index (χ1) is 12.0. The van der Waals surface area contributed by atoms with Crippen molar-refractivity contribution in [3.63, 3.8) is 0 Å². The molecule has 1 atom stereocenters. The van der Waals surface area contributed by atoms with Crippen LogP contribution in [-0.2, 0) is 0 Å². The first kappa shape index (κ1) is 21.2. The smallest absolute Gasteiger partial charge is 0.0737 e. The second-order valence-corrected chi connectivity index (χ2v) is 8.03. The molecule has 1 aromatic heterocycles. The Morgan fingerprint density at radius 3 is 2.58 bits per heavy atom. The van der Waals surface area contributed by atoms with Gasteiger partial charge in [0.15, 0.2) is 0 Å². The first-order valence-corrected chi connectivity index (χ1v) is 9.61. The van der Waals surface area contributed by atoms with Crippen molar-refractivity contribution in [3.05, 3.63) is 35.5 Å². The van der Waals surface area contributed by atoms with Gasteiger partial charge in [-0.15, -0.1) is 12.4 Å². The van der Waals surface area contributed by atoms with Crippen LogP contribution < -0.4 is 5.32 Å². The van der Waals surface area contributed by atoms with Gasteiger partial charge in [0.25, 0.3) is 0 Å². The molecule has 1 aromatic carbocycles. The van der Waals surface area contributed by atoms with Crippen molar-refractivity contribution in [1.82, 2.24) is 14.8 Å². The lowest BCUT2D eigenvalue weighted by Crippen LogP contribution is -2.48. The summed E-state index contributed by atoms with van der Waals surface area (Å²) in [4.78, 5) is 9.44. The van der Waals surface area contributed by atoms with E-state index in [1.54, 1.807) is 0 Å². The molecule has 6 heteroatoms. The summed E-state index contributed by atoms with van der Waals surface area (Å²) in [7, 11) is 2.20. The minimum absolute atomic E-state index is 0. The number of rotatable bonds is 6. The number of pyridine rings is 1. The van der Waals surface area contributed by atoms with Crippen LogP contribution in [0.3, 0.4) is 0 Å². The van der Waals surface area contributed by atoms with E-state index in [0.29, 0.717) is 12.0 Å². The summed E-state index contributed by atoms with van der Waals surface area (Å²) < 4.78 is 0. The zero-order chi connectivity index (χ0) is 17.8. The fourth-order valence-electron chi connectivity index (χ4n) is 3.56. The number of hydrogen-bond acceptors (Lipinski definition) is 4. The Morgan fingerprint density at radius 2 is 1.88 bits per heavy atom. The van der Waals surface area contributed by atoms with Crippen molar-refractivity contribution in [2.75, 3.05) is 45.1 Å². The van der Waals surface area contributed by atoms with Gasteiger partial charge in [0.2, 0.25) is 0 Å². The Labute approximate surface area is 168 Å². The third-order valence-electron chi connectivity index (χ3n) is 4.89. The van der Waals surface area contributed by atoms with E-state index in [1.165, 1.54) is 0 Å². The number of aromatic nitrogens is 1. The summed E-state index contributed by atoms with van der Waals surface area (Å²) in [6, 6.07) is 8.45. The van der Waals surface area contributed by atoms with E-state index in [0.717, 1.165) is 60.8 Å². The molecule has 1 fully saturated rings. The van der Waals surface area contributed by atoms with Gasteiger partial charge in [-0.3, -0.25) is 9.88 Å². The lowest BCUT2D eigenvalue weighted by atomic mass is 10.0. The third kappa shape index (κ3) is 5.71. The molecule has 1 N–H and O–H groups in total. The highest BCUT2D eigenvalue weighted by Crippen LogP contribution is 2.26. The van der Waals surface area contributed by atoms with E-state index in [-0.39, 0.29) is 12.4 Å². The minimum atomic E-state index is 0. The Balaban J connectivity index is 0.00000243. The first-order valence-electron chi connectivity index (χ1n) is 9.23. The number of fused-ring (bicyclic) bond motifs is 1. The molecule has 3 rings (SSSR count). The summed E-state index contributed by atoms with van der Waals surface area (Å²) in [5, 5.41) is 5.66. The Kier molecular flexibility index (Phi) is 7.96. The molecular weight excluding hydrogens is 367 g/mol. The number of anilines is 1. The predicted octanol–water partition coefficient (Wildman–Crippen LogP) is 4.38. The van der Waals surface area contributed by atoms with Crippen LogP contribution in [0.1, 0.15) is 20.3 Å². The highest BCUT2D eigenvalue weighted by molar-refractivity contribution is 6.31. The van der Waals surface area contributed by atoms with Crippen molar-refractivity contribution in [1.29, 1.82) is 0 Å². The Hall–Kier alpha value is -1.07. The van der Waals surface area contributed by atoms with Crippen LogP contribution in [-0.4, -0.2) is 60.6 Å². The number of likely N-dealkylation sites (N-methyl/N-ethyl adjacent to an activating group) is 1. The molecule has 1 aliphatic heterocycles. The van der Waals surface area contributed by atoms with Crippen LogP contribution in [0.25, 0.3) is 10.9 Å². The van der Waals surface area contributed by atoms with Gasteiger partial charge in [0.1, 0.15) is 0 Å². The van der Waals surface area contributed by atoms with Crippen molar-refractivity contribution in [3.8, 4) is 0 Å². The number of benzene rings is 1. The molecule has 1 aliphatic rings. The number of piperazine rings is 1. The van der Waals surface area contributed by atoms with Crippen molar-refractivity contribution in [2.24, 2.45) is 5.92 Å². The molecule has 4 nitrogen and oxygen atoms in total. The fraction of sp³-hybridized carbons (Fsp3) is 0.550. The van der Waals surface area contributed by atoms with Gasteiger partial charge < -0.3 is 10.2 Å². The highest BCUT2D eigenvalue weighted by atomic mass is 35.5. The van der Waals surface area contributed by atoms with Gasteiger partial charge in [-0.2, -0.15) is 0 Å². The van der Waals surface area contributed by atoms with Crippen LogP contribution in [0.15, 0.2) is 30.5 Å². The van der Waals surface area contributed by atoms with Crippen molar-refractivity contribution in [2.45, 2.75) is 26.3 Å². The summed E-state index contributed by atoms with van der Waals surface area (Å²) in [6.45, 7) is 10.3. The van der Waals surface area contributed by atoms with Crippen LogP contribution in [0.4, 0.5) is 5.69 Å². The van der Waals surface area contributed by atoms with E-state index < -0.39 is 0 Å². The average molecular weight is 397 g/mol. The number of halogens is 2. The van der Waals surface area contributed by atoms with Crippen molar-refractivity contribution < 1.29 is 0 Å². The number of hydrogen-bond donors (Lipinski definition) is 1. The Bertz CT molecular complexity index is 699. The van der Waals surface area contributed by atoms with Gasteiger partial charge in [0, 0.05) is 61.1 Å². The molecule has 0 aliphatic carbocycles. The van der Waals surface area contributed by atoms with E-state index in [2.05, 4.69) is 53.1 Å². The topological polar surface area (TPSA) is 31.4 Å². The molecule has 0 bridgehead atoms. The maximum atomic E-state index is 6.12. The molecule has 144 valence electrons. The van der Waals surface area contributed by atoms with Gasteiger partial charge in [-0.1, -0.05) is 25.4 Å². The zero-order valence-corrected chi connectivity index (χ0v) is 17.5.